The molecule has 0 saturated heterocycles. The molecule has 1 aromatic carbocycles. The van der Waals surface area contributed by atoms with E-state index in [0.29, 0.717) is 22.5 Å². The number of benzene rings is 1. The zero-order valence-electron chi connectivity index (χ0n) is 10.6. The van der Waals surface area contributed by atoms with Crippen molar-refractivity contribution < 1.29 is 14.4 Å². The molecule has 2 heterocycles. The van der Waals surface area contributed by atoms with E-state index in [1.54, 1.807) is 25.1 Å². The van der Waals surface area contributed by atoms with Gasteiger partial charge < -0.3 is 14.6 Å². The Labute approximate surface area is 112 Å². The third-order valence-corrected chi connectivity index (χ3v) is 3.01. The zero-order chi connectivity index (χ0) is 14.3. The number of carboxylic acid groups (broad SMARTS) is 1. The van der Waals surface area contributed by atoms with E-state index in [0.717, 1.165) is 0 Å². The van der Waals surface area contributed by atoms with Crippen LogP contribution >= 0.6 is 0 Å². The van der Waals surface area contributed by atoms with Gasteiger partial charge in [-0.3, -0.25) is 4.57 Å². The first kappa shape index (κ1) is 12.2. The van der Waals surface area contributed by atoms with Crippen molar-refractivity contribution in [3.63, 3.8) is 0 Å². The zero-order valence-corrected chi connectivity index (χ0v) is 10.6. The minimum Gasteiger partial charge on any atom is -0.478 e. The van der Waals surface area contributed by atoms with Crippen LogP contribution in [-0.4, -0.2) is 25.8 Å². The Morgan fingerprint density at radius 1 is 1.50 bits per heavy atom. The molecule has 2 N–H and O–H groups in total. The molecular formula is C13H11N3O4. The maximum absolute atomic E-state index is 12.0. The first-order valence-corrected chi connectivity index (χ1v) is 5.93. The molecule has 3 aromatic rings. The van der Waals surface area contributed by atoms with E-state index < -0.39 is 5.97 Å². The molecular weight excluding hydrogens is 262 g/mol. The quantitative estimate of drug-likeness (QED) is 0.750. The van der Waals surface area contributed by atoms with E-state index in [1.165, 1.54) is 10.6 Å². The number of aromatic amines is 1. The van der Waals surface area contributed by atoms with Crippen LogP contribution < -0.4 is 5.69 Å². The monoisotopic (exact) mass is 273 g/mol. The summed E-state index contributed by atoms with van der Waals surface area (Å²) in [5, 5.41) is 13.0. The predicted molar refractivity (Wildman–Crippen MR) is 69.9 cm³/mol. The van der Waals surface area contributed by atoms with Gasteiger partial charge in [0.15, 0.2) is 5.76 Å². The van der Waals surface area contributed by atoms with Crippen molar-refractivity contribution in [2.45, 2.75) is 13.5 Å². The maximum atomic E-state index is 12.0. The normalized spacial score (nSPS) is 11.1. The van der Waals surface area contributed by atoms with Crippen molar-refractivity contribution in [1.29, 1.82) is 0 Å². The second-order valence-corrected chi connectivity index (χ2v) is 4.46. The highest BCUT2D eigenvalue weighted by molar-refractivity contribution is 6.01. The molecule has 0 unspecified atom stereocenters. The Morgan fingerprint density at radius 3 is 2.95 bits per heavy atom. The molecule has 3 rings (SSSR count). The van der Waals surface area contributed by atoms with Crippen LogP contribution in [0, 0.1) is 6.92 Å². The standard InChI is InChI=1S/C13H11N3O4/c1-7-5-8(20-15-7)6-16-11-9(12(17)18)3-2-4-10(11)14-13(16)19/h2-5H,6H2,1H3,(H,14,19)(H,17,18). The number of nitrogens with zero attached hydrogens (tertiary/aromatic N) is 2. The van der Waals surface area contributed by atoms with Gasteiger partial charge in [-0.2, -0.15) is 0 Å². The fraction of sp³-hybridized carbons (Fsp3) is 0.154. The molecule has 7 nitrogen and oxygen atoms in total. The summed E-state index contributed by atoms with van der Waals surface area (Å²) in [4.78, 5) is 25.9. The van der Waals surface area contributed by atoms with Gasteiger partial charge in [0.1, 0.15) is 0 Å². The highest BCUT2D eigenvalue weighted by Crippen LogP contribution is 2.17. The molecule has 0 amide bonds. The molecule has 0 spiro atoms. The molecule has 0 fully saturated rings. The summed E-state index contributed by atoms with van der Waals surface area (Å²) in [6, 6.07) is 6.41. The van der Waals surface area contributed by atoms with Crippen LogP contribution in [0.25, 0.3) is 11.0 Å². The van der Waals surface area contributed by atoms with E-state index in [9.17, 15) is 14.7 Å². The molecule has 0 atom stereocenters. The van der Waals surface area contributed by atoms with Gasteiger partial charge in [-0.25, -0.2) is 9.59 Å². The third-order valence-electron chi connectivity index (χ3n) is 3.01. The first-order chi connectivity index (χ1) is 9.56. The second kappa shape index (κ2) is 4.37. The van der Waals surface area contributed by atoms with E-state index in [4.69, 9.17) is 4.52 Å². The van der Waals surface area contributed by atoms with Crippen molar-refractivity contribution in [2.24, 2.45) is 0 Å². The number of nitrogens with one attached hydrogen (secondary N) is 1. The van der Waals surface area contributed by atoms with Crippen molar-refractivity contribution in [1.82, 2.24) is 14.7 Å². The molecule has 0 saturated carbocycles. The number of carbonyl (C=O) groups is 1. The Balaban J connectivity index is 2.21. The molecule has 102 valence electrons. The van der Waals surface area contributed by atoms with Crippen LogP contribution in [0.1, 0.15) is 21.8 Å². The van der Waals surface area contributed by atoms with Gasteiger partial charge in [0.25, 0.3) is 0 Å². The number of aryl methyl sites for hydroxylation is 1. The lowest BCUT2D eigenvalue weighted by Gasteiger charge is -2.03. The van der Waals surface area contributed by atoms with E-state index >= 15 is 0 Å². The molecule has 0 aliphatic heterocycles. The van der Waals surface area contributed by atoms with Crippen LogP contribution in [0.5, 0.6) is 0 Å². The lowest BCUT2D eigenvalue weighted by atomic mass is 10.2. The van der Waals surface area contributed by atoms with Crippen molar-refractivity contribution in [3.8, 4) is 0 Å². The van der Waals surface area contributed by atoms with E-state index in [2.05, 4.69) is 10.1 Å². The molecule has 0 aliphatic carbocycles. The average Bonchev–Trinajstić information content (AvgIpc) is 2.94. The van der Waals surface area contributed by atoms with E-state index in [1.807, 2.05) is 0 Å². The SMILES string of the molecule is Cc1cc(Cn2c(=O)[nH]c3cccc(C(=O)O)c32)on1. The highest BCUT2D eigenvalue weighted by Gasteiger charge is 2.16. The summed E-state index contributed by atoms with van der Waals surface area (Å²) in [6.45, 7) is 1.90. The maximum Gasteiger partial charge on any atom is 0.337 e. The van der Waals surface area contributed by atoms with Crippen LogP contribution in [0.2, 0.25) is 0 Å². The largest absolute Gasteiger partial charge is 0.478 e. The number of rotatable bonds is 3. The van der Waals surface area contributed by atoms with Gasteiger partial charge >= 0.3 is 11.7 Å². The summed E-state index contributed by atoms with van der Waals surface area (Å²) in [5.41, 5.74) is 1.20. The third kappa shape index (κ3) is 1.89. The summed E-state index contributed by atoms with van der Waals surface area (Å²) in [5.74, 6) is -0.595. The number of hydrogen-bond donors (Lipinski definition) is 2. The van der Waals surface area contributed by atoms with Crippen LogP contribution in [-0.2, 0) is 6.54 Å². The summed E-state index contributed by atoms with van der Waals surface area (Å²) in [6.07, 6.45) is 0. The minimum atomic E-state index is -1.09. The van der Waals surface area contributed by atoms with Gasteiger partial charge in [-0.05, 0) is 19.1 Å². The molecule has 0 bridgehead atoms. The first-order valence-electron chi connectivity index (χ1n) is 5.93. The van der Waals surface area contributed by atoms with Crippen LogP contribution in [0.4, 0.5) is 0 Å². The number of carboxylic acids is 1. The fourth-order valence-corrected chi connectivity index (χ4v) is 2.19. The molecule has 20 heavy (non-hydrogen) atoms. The number of aromatic nitrogens is 3. The average molecular weight is 273 g/mol. The van der Waals surface area contributed by atoms with E-state index in [-0.39, 0.29) is 17.8 Å². The molecule has 0 aliphatic rings. The van der Waals surface area contributed by atoms with Gasteiger partial charge in [0.05, 0.1) is 28.8 Å². The van der Waals surface area contributed by atoms with Crippen molar-refractivity contribution in [2.75, 3.05) is 0 Å². The number of aromatic carboxylic acids is 1. The number of imidazole rings is 1. The van der Waals surface area contributed by atoms with Crippen molar-refractivity contribution >= 4 is 17.0 Å². The number of fused-ring (bicyclic) bond motifs is 1. The number of para-hydroxylation sites is 1. The Bertz CT molecular complexity index is 856. The Hall–Kier alpha value is -2.83. The topological polar surface area (TPSA) is 101 Å². The summed E-state index contributed by atoms with van der Waals surface area (Å²) < 4.78 is 6.40. The summed E-state index contributed by atoms with van der Waals surface area (Å²) >= 11 is 0. The predicted octanol–water partition coefficient (Wildman–Crippen LogP) is 1.37. The van der Waals surface area contributed by atoms with Gasteiger partial charge in [0.2, 0.25) is 0 Å². The molecule has 2 aromatic heterocycles. The summed E-state index contributed by atoms with van der Waals surface area (Å²) in [7, 11) is 0. The van der Waals surface area contributed by atoms with Gasteiger partial charge in [0, 0.05) is 6.07 Å². The van der Waals surface area contributed by atoms with Crippen LogP contribution in [0.15, 0.2) is 33.6 Å². The van der Waals surface area contributed by atoms with Gasteiger partial charge in [-0.15, -0.1) is 0 Å². The highest BCUT2D eigenvalue weighted by atomic mass is 16.5. The molecule has 0 radical (unpaired) electrons. The lowest BCUT2D eigenvalue weighted by molar-refractivity contribution is 0.0698. The number of H-pyrrole nitrogens is 1. The Morgan fingerprint density at radius 2 is 2.30 bits per heavy atom. The number of hydrogen-bond acceptors (Lipinski definition) is 4. The lowest BCUT2D eigenvalue weighted by Crippen LogP contribution is -2.18. The fourth-order valence-electron chi connectivity index (χ4n) is 2.19. The van der Waals surface area contributed by atoms with Crippen molar-refractivity contribution in [3.05, 3.63) is 51.8 Å². The molecule has 7 heteroatoms. The van der Waals surface area contributed by atoms with Gasteiger partial charge in [-0.1, -0.05) is 11.2 Å². The van der Waals surface area contributed by atoms with Crippen LogP contribution in [0.3, 0.4) is 0 Å². The second-order valence-electron chi connectivity index (χ2n) is 4.46. The Kier molecular flexibility index (Phi) is 2.67. The smallest absolute Gasteiger partial charge is 0.337 e. The minimum absolute atomic E-state index is 0.0667.